The summed E-state index contributed by atoms with van der Waals surface area (Å²) in [6.07, 6.45) is 9.28. The molecule has 1 aromatic heterocycles. The molecule has 1 saturated carbocycles. The van der Waals surface area contributed by atoms with E-state index >= 15 is 0 Å². The van der Waals surface area contributed by atoms with Crippen LogP contribution in [0.2, 0.25) is 0 Å². The Kier molecular flexibility index (Phi) is 3.44. The van der Waals surface area contributed by atoms with E-state index in [1.165, 1.54) is 32.1 Å². The van der Waals surface area contributed by atoms with Crippen molar-refractivity contribution in [2.45, 2.75) is 51.1 Å². The number of carbonyl (C=O) groups excluding carboxylic acids is 1. The molecule has 1 aliphatic carbocycles. The normalized spacial score (nSPS) is 27.1. The molecule has 1 saturated heterocycles. The lowest BCUT2D eigenvalue weighted by atomic mass is 9.78. The Balaban J connectivity index is 1.67. The lowest BCUT2D eigenvalue weighted by Gasteiger charge is -2.44. The molecule has 0 spiro atoms. The van der Waals surface area contributed by atoms with Crippen LogP contribution in [0.3, 0.4) is 0 Å². The summed E-state index contributed by atoms with van der Waals surface area (Å²) < 4.78 is 1.64. The van der Waals surface area contributed by atoms with Crippen LogP contribution >= 0.6 is 0 Å². The van der Waals surface area contributed by atoms with E-state index in [1.54, 1.807) is 16.9 Å². The third-order valence-electron chi connectivity index (χ3n) is 4.52. The first kappa shape index (κ1) is 12.5. The fourth-order valence-electron chi connectivity index (χ4n) is 3.63. The molecule has 0 radical (unpaired) electrons. The standard InChI is InChI=1S/C14H22N4O/c15-13-7-9-17(16-13)10-14(19)18-8-3-5-11-4-1-2-6-12(11)18/h7,9,11-12H,1-6,8,10H2,(H2,15,16). The Hall–Kier alpha value is -1.52. The number of hydrogen-bond donors (Lipinski definition) is 1. The van der Waals surface area contributed by atoms with Gasteiger partial charge in [0.1, 0.15) is 12.4 Å². The lowest BCUT2D eigenvalue weighted by molar-refractivity contribution is -0.138. The van der Waals surface area contributed by atoms with Gasteiger partial charge in [0.05, 0.1) is 0 Å². The highest BCUT2D eigenvalue weighted by molar-refractivity contribution is 5.76. The molecule has 5 heteroatoms. The number of rotatable bonds is 2. The van der Waals surface area contributed by atoms with Crippen LogP contribution in [-0.4, -0.2) is 33.2 Å². The number of carbonyl (C=O) groups is 1. The number of piperidine rings is 1. The topological polar surface area (TPSA) is 64.2 Å². The van der Waals surface area contributed by atoms with E-state index in [1.807, 2.05) is 0 Å². The quantitative estimate of drug-likeness (QED) is 0.881. The number of nitrogen functional groups attached to an aromatic ring is 1. The highest BCUT2D eigenvalue weighted by Gasteiger charge is 2.35. The molecule has 2 N–H and O–H groups in total. The molecule has 5 nitrogen and oxygen atoms in total. The van der Waals surface area contributed by atoms with E-state index < -0.39 is 0 Å². The van der Waals surface area contributed by atoms with Crippen molar-refractivity contribution in [1.82, 2.24) is 14.7 Å². The Morgan fingerprint density at radius 1 is 1.32 bits per heavy atom. The summed E-state index contributed by atoms with van der Waals surface area (Å²) in [5.74, 6) is 1.40. The van der Waals surface area contributed by atoms with E-state index in [0.29, 0.717) is 18.4 Å². The minimum Gasteiger partial charge on any atom is -0.382 e. The van der Waals surface area contributed by atoms with Crippen molar-refractivity contribution in [3.63, 3.8) is 0 Å². The van der Waals surface area contributed by atoms with E-state index in [9.17, 15) is 4.79 Å². The zero-order chi connectivity index (χ0) is 13.2. The van der Waals surface area contributed by atoms with Crippen LogP contribution in [0.25, 0.3) is 0 Å². The van der Waals surface area contributed by atoms with Gasteiger partial charge in [0.15, 0.2) is 0 Å². The number of hydrogen-bond acceptors (Lipinski definition) is 3. The summed E-state index contributed by atoms with van der Waals surface area (Å²) in [6.45, 7) is 1.23. The molecule has 2 heterocycles. The number of aromatic nitrogens is 2. The zero-order valence-corrected chi connectivity index (χ0v) is 11.3. The van der Waals surface area contributed by atoms with Gasteiger partial charge >= 0.3 is 0 Å². The van der Waals surface area contributed by atoms with Crippen molar-refractivity contribution in [1.29, 1.82) is 0 Å². The Bertz CT molecular complexity index is 454. The van der Waals surface area contributed by atoms with E-state index in [4.69, 9.17) is 5.73 Å². The van der Waals surface area contributed by atoms with Crippen LogP contribution in [0.4, 0.5) is 5.82 Å². The van der Waals surface area contributed by atoms with E-state index in [-0.39, 0.29) is 5.91 Å². The summed E-state index contributed by atoms with van der Waals surface area (Å²) >= 11 is 0. The first-order valence-corrected chi connectivity index (χ1v) is 7.32. The number of fused-ring (bicyclic) bond motifs is 1. The second-order valence-electron chi connectivity index (χ2n) is 5.78. The molecular weight excluding hydrogens is 240 g/mol. The minimum atomic E-state index is 0.194. The third kappa shape index (κ3) is 2.60. The largest absolute Gasteiger partial charge is 0.382 e. The van der Waals surface area contributed by atoms with Gasteiger partial charge in [0, 0.05) is 18.8 Å². The summed E-state index contributed by atoms with van der Waals surface area (Å²) in [6, 6.07) is 2.20. The maximum atomic E-state index is 12.5. The smallest absolute Gasteiger partial charge is 0.244 e. The molecule has 2 atom stereocenters. The van der Waals surface area contributed by atoms with Gasteiger partial charge < -0.3 is 10.6 Å². The second-order valence-corrected chi connectivity index (χ2v) is 5.78. The average Bonchev–Trinajstić information content (AvgIpc) is 2.83. The maximum absolute atomic E-state index is 12.5. The molecule has 1 aromatic rings. The van der Waals surface area contributed by atoms with Gasteiger partial charge in [-0.2, -0.15) is 5.10 Å². The fourth-order valence-corrected chi connectivity index (χ4v) is 3.63. The zero-order valence-electron chi connectivity index (χ0n) is 11.3. The number of amides is 1. The van der Waals surface area contributed by atoms with Crippen molar-refractivity contribution < 1.29 is 4.79 Å². The van der Waals surface area contributed by atoms with Crippen LogP contribution < -0.4 is 5.73 Å². The predicted octanol–water partition coefficient (Wildman–Crippen LogP) is 1.65. The van der Waals surface area contributed by atoms with Gasteiger partial charge in [-0.1, -0.05) is 12.8 Å². The summed E-state index contributed by atoms with van der Waals surface area (Å²) in [7, 11) is 0. The molecule has 104 valence electrons. The predicted molar refractivity (Wildman–Crippen MR) is 73.3 cm³/mol. The fraction of sp³-hybridized carbons (Fsp3) is 0.714. The van der Waals surface area contributed by atoms with Gasteiger partial charge in [-0.15, -0.1) is 0 Å². The highest BCUT2D eigenvalue weighted by atomic mass is 16.2. The average molecular weight is 262 g/mol. The van der Waals surface area contributed by atoms with Crippen LogP contribution in [0.15, 0.2) is 12.3 Å². The molecule has 3 rings (SSSR count). The molecular formula is C14H22N4O. The van der Waals surface area contributed by atoms with Gasteiger partial charge in [0.25, 0.3) is 0 Å². The molecule has 0 bridgehead atoms. The number of nitrogens with zero attached hydrogens (tertiary/aromatic N) is 3. The first-order valence-electron chi connectivity index (χ1n) is 7.32. The second kappa shape index (κ2) is 5.23. The van der Waals surface area contributed by atoms with Crippen molar-refractivity contribution >= 4 is 11.7 Å². The molecule has 2 aliphatic rings. The van der Waals surface area contributed by atoms with Crippen LogP contribution in [0.1, 0.15) is 38.5 Å². The SMILES string of the molecule is Nc1ccn(CC(=O)N2CCCC3CCCCC32)n1. The molecule has 0 aromatic carbocycles. The van der Waals surface area contributed by atoms with Crippen LogP contribution in [0, 0.1) is 5.92 Å². The van der Waals surface area contributed by atoms with Crippen molar-refractivity contribution in [2.24, 2.45) is 5.92 Å². The lowest BCUT2D eigenvalue weighted by Crippen LogP contribution is -2.50. The summed E-state index contributed by atoms with van der Waals surface area (Å²) in [5, 5.41) is 4.10. The Morgan fingerprint density at radius 2 is 2.11 bits per heavy atom. The van der Waals surface area contributed by atoms with E-state index in [0.717, 1.165) is 18.9 Å². The Morgan fingerprint density at radius 3 is 2.89 bits per heavy atom. The number of likely N-dealkylation sites (tertiary alicyclic amines) is 1. The van der Waals surface area contributed by atoms with Crippen LogP contribution in [0.5, 0.6) is 0 Å². The number of nitrogens with two attached hydrogens (primary N) is 1. The van der Waals surface area contributed by atoms with Gasteiger partial charge in [-0.25, -0.2) is 0 Å². The molecule has 1 aliphatic heterocycles. The van der Waals surface area contributed by atoms with Crippen molar-refractivity contribution in [3.8, 4) is 0 Å². The molecule has 2 fully saturated rings. The first-order chi connectivity index (χ1) is 9.24. The summed E-state index contributed by atoms with van der Waals surface area (Å²) in [5.41, 5.74) is 5.58. The van der Waals surface area contributed by atoms with Gasteiger partial charge in [-0.3, -0.25) is 9.48 Å². The van der Waals surface area contributed by atoms with Gasteiger partial charge in [0.2, 0.25) is 5.91 Å². The molecule has 1 amide bonds. The monoisotopic (exact) mass is 262 g/mol. The third-order valence-corrected chi connectivity index (χ3v) is 4.52. The van der Waals surface area contributed by atoms with Crippen molar-refractivity contribution in [3.05, 3.63) is 12.3 Å². The van der Waals surface area contributed by atoms with Crippen LogP contribution in [-0.2, 0) is 11.3 Å². The highest BCUT2D eigenvalue weighted by Crippen LogP contribution is 2.35. The van der Waals surface area contributed by atoms with Gasteiger partial charge in [-0.05, 0) is 37.7 Å². The number of anilines is 1. The molecule has 2 unspecified atom stereocenters. The maximum Gasteiger partial charge on any atom is 0.244 e. The Labute approximate surface area is 113 Å². The van der Waals surface area contributed by atoms with Crippen molar-refractivity contribution in [2.75, 3.05) is 12.3 Å². The molecule has 19 heavy (non-hydrogen) atoms. The minimum absolute atomic E-state index is 0.194. The van der Waals surface area contributed by atoms with E-state index in [2.05, 4.69) is 10.00 Å². The summed E-state index contributed by atoms with van der Waals surface area (Å²) in [4.78, 5) is 14.6.